The van der Waals surface area contributed by atoms with E-state index in [-0.39, 0.29) is 27.6 Å². The molecule has 1 nitrogen and oxygen atoms in total. The summed E-state index contributed by atoms with van der Waals surface area (Å²) < 4.78 is 0. The molecule has 0 aromatic heterocycles. The van der Waals surface area contributed by atoms with Gasteiger partial charge < -0.3 is 0 Å². The van der Waals surface area contributed by atoms with Gasteiger partial charge in [0, 0.05) is 0 Å². The van der Waals surface area contributed by atoms with E-state index in [1.807, 2.05) is 0 Å². The van der Waals surface area contributed by atoms with Crippen LogP contribution < -0.4 is 0 Å². The fraction of sp³-hybridized carbons (Fsp3) is 0.958. The molecule has 0 aliphatic rings. The third-order valence-electron chi connectivity index (χ3n) is 8.99. The van der Waals surface area contributed by atoms with Crippen LogP contribution in [0.15, 0.2) is 0 Å². The van der Waals surface area contributed by atoms with Crippen LogP contribution in [0.25, 0.3) is 0 Å². The van der Waals surface area contributed by atoms with Crippen LogP contribution in [0.2, 0.25) is 0 Å². The molecule has 2 atom stereocenters. The molecule has 0 radical (unpaired) electrons. The Hall–Kier alpha value is -0.510. The maximum Gasteiger partial charge on any atom is 0.0668 e. The first kappa shape index (κ1) is 24.5. The minimum atomic E-state index is 0.0453. The van der Waals surface area contributed by atoms with Crippen molar-refractivity contribution in [1.29, 1.82) is 5.26 Å². The van der Waals surface area contributed by atoms with Crippen molar-refractivity contribution in [2.24, 2.45) is 33.5 Å². The summed E-state index contributed by atoms with van der Waals surface area (Å²) in [4.78, 5) is 0. The number of rotatable bonds is 11. The molecule has 2 unspecified atom stereocenters. The zero-order chi connectivity index (χ0) is 20.1. The smallest absolute Gasteiger partial charge is 0.0668 e. The summed E-state index contributed by atoms with van der Waals surface area (Å²) in [6.45, 7) is 25.9. The van der Waals surface area contributed by atoms with Gasteiger partial charge in [0.05, 0.1) is 12.0 Å². The van der Waals surface area contributed by atoms with Crippen LogP contribution >= 0.6 is 0 Å². The molecule has 0 aromatic carbocycles. The van der Waals surface area contributed by atoms with Gasteiger partial charge in [0.15, 0.2) is 0 Å². The third-order valence-corrected chi connectivity index (χ3v) is 8.99. The van der Waals surface area contributed by atoms with E-state index in [2.05, 4.69) is 82.2 Å². The van der Waals surface area contributed by atoms with Gasteiger partial charge in [-0.1, -0.05) is 95.4 Å². The molecule has 0 aliphatic heterocycles. The number of hydrogen-bond donors (Lipinski definition) is 0. The summed E-state index contributed by atoms with van der Waals surface area (Å²) in [5.74, 6) is 0.581. The number of nitriles is 1. The highest BCUT2D eigenvalue weighted by atomic mass is 14.6. The Labute approximate surface area is 160 Å². The summed E-state index contributed by atoms with van der Waals surface area (Å²) >= 11 is 0. The van der Waals surface area contributed by atoms with Crippen molar-refractivity contribution in [1.82, 2.24) is 0 Å². The molecule has 0 amide bonds. The standard InChI is InChI=1S/C24H47N/c1-12-21(9,10)23(15-4,16-5)20(18-25)24(17-6,19(7)8)22(11,13-2)14-3/h19-20H,12-17H2,1-11H3. The van der Waals surface area contributed by atoms with Crippen molar-refractivity contribution in [3.05, 3.63) is 0 Å². The van der Waals surface area contributed by atoms with Gasteiger partial charge >= 0.3 is 0 Å². The molecule has 1 heteroatoms. The van der Waals surface area contributed by atoms with Crippen molar-refractivity contribution < 1.29 is 0 Å². The van der Waals surface area contributed by atoms with Crippen molar-refractivity contribution in [3.63, 3.8) is 0 Å². The lowest BCUT2D eigenvalue weighted by atomic mass is 9.41. The predicted molar refractivity (Wildman–Crippen MR) is 112 cm³/mol. The third kappa shape index (κ3) is 3.52. The fourth-order valence-electron chi connectivity index (χ4n) is 6.42. The van der Waals surface area contributed by atoms with Crippen molar-refractivity contribution >= 4 is 0 Å². The van der Waals surface area contributed by atoms with E-state index in [0.717, 1.165) is 38.5 Å². The highest BCUT2D eigenvalue weighted by Gasteiger charge is 2.60. The van der Waals surface area contributed by atoms with Crippen LogP contribution in [0.3, 0.4) is 0 Å². The molecule has 0 saturated heterocycles. The molecule has 0 bridgehead atoms. The Morgan fingerprint density at radius 2 is 1.16 bits per heavy atom. The van der Waals surface area contributed by atoms with Crippen LogP contribution in [0, 0.1) is 44.8 Å². The van der Waals surface area contributed by atoms with E-state index in [9.17, 15) is 5.26 Å². The molecule has 0 aliphatic carbocycles. The van der Waals surface area contributed by atoms with E-state index in [0.29, 0.717) is 5.92 Å². The van der Waals surface area contributed by atoms with E-state index in [1.165, 1.54) is 0 Å². The molecule has 0 fully saturated rings. The first-order chi connectivity index (χ1) is 11.5. The zero-order valence-corrected chi connectivity index (χ0v) is 19.3. The highest BCUT2D eigenvalue weighted by molar-refractivity contribution is 5.15. The Balaban J connectivity index is 6.91. The van der Waals surface area contributed by atoms with Gasteiger partial charge in [-0.15, -0.1) is 0 Å². The number of hydrogen-bond acceptors (Lipinski definition) is 1. The highest BCUT2D eigenvalue weighted by Crippen LogP contribution is 2.65. The molecular formula is C24H47N. The molecule has 0 rings (SSSR count). The first-order valence-corrected chi connectivity index (χ1v) is 10.9. The van der Waals surface area contributed by atoms with Crippen molar-refractivity contribution in [3.8, 4) is 6.07 Å². The van der Waals surface area contributed by atoms with Gasteiger partial charge in [0.25, 0.3) is 0 Å². The second-order valence-corrected chi connectivity index (χ2v) is 9.48. The number of nitrogens with zero attached hydrogens (tertiary/aromatic N) is 1. The normalized spacial score (nSPS) is 17.2. The summed E-state index contributed by atoms with van der Waals surface area (Å²) in [7, 11) is 0. The van der Waals surface area contributed by atoms with Crippen LogP contribution in [-0.4, -0.2) is 0 Å². The second kappa shape index (κ2) is 8.92. The van der Waals surface area contributed by atoms with E-state index in [1.54, 1.807) is 0 Å². The van der Waals surface area contributed by atoms with Crippen LogP contribution in [0.1, 0.15) is 115 Å². The maximum absolute atomic E-state index is 10.6. The van der Waals surface area contributed by atoms with Gasteiger partial charge in [0.2, 0.25) is 0 Å². The zero-order valence-electron chi connectivity index (χ0n) is 19.3. The maximum atomic E-state index is 10.6. The van der Waals surface area contributed by atoms with E-state index < -0.39 is 0 Å². The van der Waals surface area contributed by atoms with Crippen LogP contribution in [0.4, 0.5) is 0 Å². The van der Waals surface area contributed by atoms with Crippen LogP contribution in [-0.2, 0) is 0 Å². The summed E-state index contributed by atoms with van der Waals surface area (Å²) in [6.07, 6.45) is 6.66. The van der Waals surface area contributed by atoms with E-state index in [4.69, 9.17) is 0 Å². The first-order valence-electron chi connectivity index (χ1n) is 10.9. The lowest BCUT2D eigenvalue weighted by Crippen LogP contribution is -2.57. The quantitative estimate of drug-likeness (QED) is 0.368. The van der Waals surface area contributed by atoms with E-state index >= 15 is 0 Å². The van der Waals surface area contributed by atoms with Crippen molar-refractivity contribution in [2.45, 2.75) is 115 Å². The fourth-order valence-corrected chi connectivity index (χ4v) is 6.42. The van der Waals surface area contributed by atoms with Gasteiger partial charge in [-0.3, -0.25) is 0 Å². The summed E-state index contributed by atoms with van der Waals surface area (Å²) in [5.41, 5.74) is 0.455. The minimum absolute atomic E-state index is 0.0453. The summed E-state index contributed by atoms with van der Waals surface area (Å²) in [6, 6.07) is 2.93. The molecule has 0 heterocycles. The Bertz CT molecular complexity index is 432. The topological polar surface area (TPSA) is 23.8 Å². The largest absolute Gasteiger partial charge is 0.198 e. The Kier molecular flexibility index (Phi) is 8.74. The molecular weight excluding hydrogens is 302 g/mol. The van der Waals surface area contributed by atoms with Gasteiger partial charge in [-0.05, 0) is 46.8 Å². The molecule has 148 valence electrons. The lowest BCUT2D eigenvalue weighted by molar-refractivity contribution is -0.131. The monoisotopic (exact) mass is 349 g/mol. The van der Waals surface area contributed by atoms with Gasteiger partial charge in [0.1, 0.15) is 0 Å². The summed E-state index contributed by atoms with van der Waals surface area (Å²) in [5, 5.41) is 10.6. The van der Waals surface area contributed by atoms with Gasteiger partial charge in [-0.25, -0.2) is 0 Å². The molecule has 0 spiro atoms. The SMILES string of the molecule is CCC(C)(C)C(CC)(CC)C(C#N)C(CC)(C(C)C)C(C)(CC)CC. The van der Waals surface area contributed by atoms with Crippen LogP contribution in [0.5, 0.6) is 0 Å². The van der Waals surface area contributed by atoms with Crippen molar-refractivity contribution in [2.75, 3.05) is 0 Å². The molecule has 25 heavy (non-hydrogen) atoms. The second-order valence-electron chi connectivity index (χ2n) is 9.48. The average Bonchev–Trinajstić information content (AvgIpc) is 2.61. The Morgan fingerprint density at radius 1 is 0.720 bits per heavy atom. The average molecular weight is 350 g/mol. The molecule has 0 saturated carbocycles. The lowest BCUT2D eigenvalue weighted by Gasteiger charge is -2.62. The minimum Gasteiger partial charge on any atom is -0.198 e. The molecule has 0 N–H and O–H groups in total. The van der Waals surface area contributed by atoms with Gasteiger partial charge in [-0.2, -0.15) is 5.26 Å². The predicted octanol–water partition coefficient (Wildman–Crippen LogP) is 8.25. The Morgan fingerprint density at radius 3 is 1.36 bits per heavy atom. The molecule has 0 aromatic rings.